The van der Waals surface area contributed by atoms with Gasteiger partial charge in [-0.15, -0.1) is 11.6 Å². The first kappa shape index (κ1) is 14.5. The highest BCUT2D eigenvalue weighted by Gasteiger charge is 2.36. The van der Waals surface area contributed by atoms with E-state index in [2.05, 4.69) is 5.32 Å². The van der Waals surface area contributed by atoms with Gasteiger partial charge in [0.1, 0.15) is 5.54 Å². The molecule has 5 heteroatoms. The Morgan fingerprint density at radius 1 is 1.33 bits per heavy atom. The summed E-state index contributed by atoms with van der Waals surface area (Å²) in [6.07, 6.45) is -0.637. The van der Waals surface area contributed by atoms with Crippen LogP contribution in [0.25, 0.3) is 0 Å². The van der Waals surface area contributed by atoms with Crippen molar-refractivity contribution in [3.8, 4) is 0 Å². The van der Waals surface area contributed by atoms with Crippen molar-refractivity contribution in [3.05, 3.63) is 35.9 Å². The molecular weight excluding hydrogens is 254 g/mol. The van der Waals surface area contributed by atoms with Crippen molar-refractivity contribution in [2.45, 2.75) is 19.4 Å². The maximum atomic E-state index is 12.0. The Bertz CT molecular complexity index is 422. The Morgan fingerprint density at radius 3 is 2.44 bits per heavy atom. The second-order valence-corrected chi connectivity index (χ2v) is 4.16. The van der Waals surface area contributed by atoms with Crippen LogP contribution in [0.15, 0.2) is 30.3 Å². The number of ketones is 1. The lowest BCUT2D eigenvalue weighted by Gasteiger charge is -2.28. The summed E-state index contributed by atoms with van der Waals surface area (Å²) in [5.41, 5.74) is -0.501. The minimum absolute atomic E-state index is 0.183. The highest BCUT2D eigenvalue weighted by Crippen LogP contribution is 2.22. The van der Waals surface area contributed by atoms with Crippen LogP contribution < -0.4 is 5.32 Å². The van der Waals surface area contributed by atoms with E-state index >= 15 is 0 Å². The average molecular weight is 270 g/mol. The fourth-order valence-electron chi connectivity index (χ4n) is 1.58. The number of amides is 1. The first-order valence-corrected chi connectivity index (χ1v) is 6.17. The number of halogens is 1. The molecule has 0 aliphatic carbocycles. The van der Waals surface area contributed by atoms with Crippen LogP contribution in [0.3, 0.4) is 0 Å². The predicted octanol–water partition coefficient (Wildman–Crippen LogP) is 2.46. The molecule has 1 aromatic rings. The van der Waals surface area contributed by atoms with Crippen molar-refractivity contribution in [2.24, 2.45) is 0 Å². The van der Waals surface area contributed by atoms with E-state index in [0.717, 1.165) is 0 Å². The fourth-order valence-corrected chi connectivity index (χ4v) is 1.85. The van der Waals surface area contributed by atoms with E-state index in [1.807, 2.05) is 6.07 Å². The predicted molar refractivity (Wildman–Crippen MR) is 69.7 cm³/mol. The smallest absolute Gasteiger partial charge is 0.408 e. The van der Waals surface area contributed by atoms with Crippen LogP contribution in [0, 0.1) is 0 Å². The normalized spacial score (nSPS) is 13.5. The van der Waals surface area contributed by atoms with E-state index in [4.69, 9.17) is 16.3 Å². The van der Waals surface area contributed by atoms with E-state index in [0.29, 0.717) is 5.56 Å². The van der Waals surface area contributed by atoms with Crippen molar-refractivity contribution in [2.75, 3.05) is 12.5 Å². The van der Waals surface area contributed by atoms with Gasteiger partial charge in [0.05, 0.1) is 12.5 Å². The number of carbonyl (C=O) groups excluding carboxylic acids is 2. The summed E-state index contributed by atoms with van der Waals surface area (Å²) in [5.74, 6) is -0.471. The zero-order valence-corrected chi connectivity index (χ0v) is 11.2. The summed E-state index contributed by atoms with van der Waals surface area (Å²) >= 11 is 5.61. The molecule has 1 amide bonds. The maximum absolute atomic E-state index is 12.0. The van der Waals surface area contributed by atoms with Crippen molar-refractivity contribution in [1.82, 2.24) is 5.32 Å². The van der Waals surface area contributed by atoms with E-state index in [1.165, 1.54) is 0 Å². The van der Waals surface area contributed by atoms with Gasteiger partial charge in [-0.1, -0.05) is 30.3 Å². The molecule has 0 aromatic heterocycles. The molecule has 0 radical (unpaired) electrons. The molecule has 0 bridgehead atoms. The van der Waals surface area contributed by atoms with Crippen LogP contribution in [-0.2, 0) is 15.1 Å². The molecule has 98 valence electrons. The summed E-state index contributed by atoms with van der Waals surface area (Å²) in [6, 6.07) is 8.94. The van der Waals surface area contributed by atoms with Gasteiger partial charge in [-0.2, -0.15) is 0 Å². The van der Waals surface area contributed by atoms with Crippen LogP contribution in [0.2, 0.25) is 0 Å². The molecule has 18 heavy (non-hydrogen) atoms. The number of alkyl halides is 1. The van der Waals surface area contributed by atoms with Crippen LogP contribution in [0.4, 0.5) is 4.79 Å². The number of hydrogen-bond acceptors (Lipinski definition) is 3. The topological polar surface area (TPSA) is 55.4 Å². The van der Waals surface area contributed by atoms with Gasteiger partial charge in [-0.05, 0) is 19.4 Å². The Balaban J connectivity index is 3.04. The van der Waals surface area contributed by atoms with E-state index in [1.54, 1.807) is 38.1 Å². The molecule has 0 heterocycles. The van der Waals surface area contributed by atoms with Gasteiger partial charge in [0, 0.05) is 0 Å². The quantitative estimate of drug-likeness (QED) is 0.836. The van der Waals surface area contributed by atoms with E-state index in [-0.39, 0.29) is 18.3 Å². The number of ether oxygens (including phenoxy) is 1. The first-order chi connectivity index (χ1) is 8.54. The Kier molecular flexibility index (Phi) is 5.16. The van der Waals surface area contributed by atoms with Gasteiger partial charge >= 0.3 is 6.09 Å². The zero-order valence-electron chi connectivity index (χ0n) is 10.4. The molecule has 0 saturated carbocycles. The number of Topliss-reactive ketones (excluding diaryl/α,β-unsaturated/α-hetero) is 1. The lowest BCUT2D eigenvalue weighted by molar-refractivity contribution is -0.122. The highest BCUT2D eigenvalue weighted by molar-refractivity contribution is 6.29. The number of nitrogens with one attached hydrogen (secondary N) is 1. The SMILES string of the molecule is CCOC(=O)NC(C)(C(=O)CCl)c1ccccc1. The highest BCUT2D eigenvalue weighted by atomic mass is 35.5. The number of carbonyl (C=O) groups is 2. The molecule has 0 fully saturated rings. The third-order valence-corrected chi connectivity index (χ3v) is 2.90. The second kappa shape index (κ2) is 6.40. The zero-order chi connectivity index (χ0) is 13.6. The van der Waals surface area contributed by atoms with E-state index < -0.39 is 11.6 Å². The van der Waals surface area contributed by atoms with Crippen molar-refractivity contribution < 1.29 is 14.3 Å². The number of rotatable bonds is 5. The van der Waals surface area contributed by atoms with Crippen LogP contribution in [0.1, 0.15) is 19.4 Å². The van der Waals surface area contributed by atoms with E-state index in [9.17, 15) is 9.59 Å². The Labute approximate surface area is 111 Å². The molecular formula is C13H16ClNO3. The molecule has 1 rings (SSSR count). The van der Waals surface area contributed by atoms with Gasteiger partial charge in [-0.25, -0.2) is 4.79 Å². The molecule has 1 unspecified atom stereocenters. The van der Waals surface area contributed by atoms with Gasteiger partial charge in [-0.3, -0.25) is 4.79 Å². The summed E-state index contributed by atoms with van der Waals surface area (Å²) in [7, 11) is 0. The Hall–Kier alpha value is -1.55. The molecule has 1 aromatic carbocycles. The molecule has 0 saturated heterocycles. The summed E-state index contributed by atoms with van der Waals surface area (Å²) in [5, 5.41) is 2.57. The number of hydrogen-bond donors (Lipinski definition) is 1. The van der Waals surface area contributed by atoms with Crippen molar-refractivity contribution in [3.63, 3.8) is 0 Å². The van der Waals surface area contributed by atoms with Crippen LogP contribution in [-0.4, -0.2) is 24.4 Å². The maximum Gasteiger partial charge on any atom is 0.408 e. The molecule has 0 spiro atoms. The van der Waals surface area contributed by atoms with Gasteiger partial charge in [0.15, 0.2) is 5.78 Å². The number of benzene rings is 1. The summed E-state index contributed by atoms with van der Waals surface area (Å²) < 4.78 is 4.81. The van der Waals surface area contributed by atoms with Crippen LogP contribution in [0.5, 0.6) is 0 Å². The summed E-state index contributed by atoms with van der Waals surface area (Å²) in [6.45, 7) is 3.55. The molecule has 0 aliphatic heterocycles. The lowest BCUT2D eigenvalue weighted by Crippen LogP contribution is -2.50. The minimum Gasteiger partial charge on any atom is -0.450 e. The first-order valence-electron chi connectivity index (χ1n) is 5.64. The van der Waals surface area contributed by atoms with Crippen LogP contribution >= 0.6 is 11.6 Å². The van der Waals surface area contributed by atoms with Gasteiger partial charge < -0.3 is 10.1 Å². The third-order valence-electron chi connectivity index (χ3n) is 2.66. The monoisotopic (exact) mass is 269 g/mol. The molecule has 4 nitrogen and oxygen atoms in total. The Morgan fingerprint density at radius 2 is 1.94 bits per heavy atom. The minimum atomic E-state index is -1.17. The largest absolute Gasteiger partial charge is 0.450 e. The van der Waals surface area contributed by atoms with Gasteiger partial charge in [0.2, 0.25) is 0 Å². The van der Waals surface area contributed by atoms with Crippen molar-refractivity contribution in [1.29, 1.82) is 0 Å². The average Bonchev–Trinajstić information content (AvgIpc) is 2.38. The van der Waals surface area contributed by atoms with Gasteiger partial charge in [0.25, 0.3) is 0 Å². The van der Waals surface area contributed by atoms with Crippen molar-refractivity contribution >= 4 is 23.5 Å². The number of alkyl carbamates (subject to hydrolysis) is 1. The standard InChI is InChI=1S/C13H16ClNO3/c1-3-18-12(17)15-13(2,11(16)9-14)10-7-5-4-6-8-10/h4-8H,3,9H2,1-2H3,(H,15,17). The third kappa shape index (κ3) is 3.23. The lowest BCUT2D eigenvalue weighted by atomic mass is 9.88. The second-order valence-electron chi connectivity index (χ2n) is 3.89. The molecule has 1 N–H and O–H groups in total. The molecule has 1 atom stereocenters. The summed E-state index contributed by atoms with van der Waals surface area (Å²) in [4.78, 5) is 23.5. The molecule has 0 aliphatic rings. The fraction of sp³-hybridized carbons (Fsp3) is 0.385.